The number of aromatic nitrogens is 2. The molecule has 8 rings (SSSR count). The molecule has 62 heavy (non-hydrogen) atoms. The molecular formula is C50H56N6O6. The van der Waals surface area contributed by atoms with E-state index in [0.717, 1.165) is 76.1 Å². The summed E-state index contributed by atoms with van der Waals surface area (Å²) in [5.74, 6) is 6.85. The van der Waals surface area contributed by atoms with Crippen LogP contribution in [-0.2, 0) is 28.7 Å². The lowest BCUT2D eigenvalue weighted by Gasteiger charge is -2.34. The second-order valence-corrected chi connectivity index (χ2v) is 17.5. The highest BCUT2D eigenvalue weighted by atomic mass is 16.5. The minimum Gasteiger partial charge on any atom is -0.381 e. The first kappa shape index (κ1) is 42.8. The summed E-state index contributed by atoms with van der Waals surface area (Å²) in [6.45, 7) is 10.5. The Morgan fingerprint density at radius 1 is 0.774 bits per heavy atom. The van der Waals surface area contributed by atoms with E-state index in [0.29, 0.717) is 51.8 Å². The molecule has 0 bridgehead atoms. The molecule has 5 aliphatic heterocycles. The lowest BCUT2D eigenvalue weighted by molar-refractivity contribution is -0.140. The van der Waals surface area contributed by atoms with Gasteiger partial charge in [0.15, 0.2) is 0 Å². The third kappa shape index (κ3) is 9.75. The molecular weight excluding hydrogens is 781 g/mol. The molecule has 4 atom stereocenters. The topological polar surface area (TPSA) is 146 Å². The van der Waals surface area contributed by atoms with Crippen LogP contribution in [0.3, 0.4) is 0 Å². The predicted octanol–water partition coefficient (Wildman–Crippen LogP) is 6.60. The van der Waals surface area contributed by atoms with Gasteiger partial charge in [-0.05, 0) is 99.3 Å². The Labute approximate surface area is 363 Å². The van der Waals surface area contributed by atoms with Crippen LogP contribution >= 0.6 is 0 Å². The van der Waals surface area contributed by atoms with Crippen molar-refractivity contribution in [2.24, 2.45) is 22.7 Å². The number of imidazole rings is 1. The van der Waals surface area contributed by atoms with Gasteiger partial charge in [0, 0.05) is 88.2 Å². The quantitative estimate of drug-likeness (QED) is 0.164. The van der Waals surface area contributed by atoms with Crippen LogP contribution in [0, 0.1) is 29.6 Å². The van der Waals surface area contributed by atoms with Gasteiger partial charge in [-0.1, -0.05) is 59.4 Å². The van der Waals surface area contributed by atoms with E-state index < -0.39 is 6.04 Å². The van der Waals surface area contributed by atoms with Gasteiger partial charge in [-0.25, -0.2) is 4.98 Å². The summed E-state index contributed by atoms with van der Waals surface area (Å²) in [5, 5.41) is 2.94. The van der Waals surface area contributed by atoms with Gasteiger partial charge in [0.05, 0.1) is 17.9 Å². The first-order chi connectivity index (χ1) is 30.0. The summed E-state index contributed by atoms with van der Waals surface area (Å²) in [6, 6.07) is 15.0. The van der Waals surface area contributed by atoms with Crippen molar-refractivity contribution in [2.75, 3.05) is 39.5 Å². The molecule has 12 nitrogen and oxygen atoms in total. The highest BCUT2D eigenvalue weighted by Crippen LogP contribution is 2.35. The molecule has 0 aliphatic carbocycles. The second kappa shape index (κ2) is 19.0. The van der Waals surface area contributed by atoms with Crippen molar-refractivity contribution >= 4 is 34.8 Å². The summed E-state index contributed by atoms with van der Waals surface area (Å²) in [6.07, 6.45) is 11.9. The summed E-state index contributed by atoms with van der Waals surface area (Å²) in [4.78, 5) is 69.2. The number of aromatic amines is 1. The van der Waals surface area contributed by atoms with Crippen LogP contribution in [0.4, 0.5) is 0 Å². The van der Waals surface area contributed by atoms with Gasteiger partial charge >= 0.3 is 0 Å². The van der Waals surface area contributed by atoms with Gasteiger partial charge in [-0.2, -0.15) is 0 Å². The van der Waals surface area contributed by atoms with Gasteiger partial charge in [0.25, 0.3) is 0 Å². The standard InChI is InChI=1S/C50H56N6O6/c1-31-23-45(55(29-31)49(59)42(25-33(3)57)38-15-19-61-20-16-38)43-26-41(27-51-43)37-11-7-35(8-12-37)5-6-36-9-13-39(14-10-36)44-28-52-48(54-44)46-24-32(2)30-56(46)50(60)47(53-34(4)58)40-17-21-62-22-18-40/h7-14,23-24,27-28,38,40,42,45-47H,15-22,25-26,29-30H2,1-4H3,(H,52,54)(H,53,58)/t42-,45?,46?,47-/m0/s1. The highest BCUT2D eigenvalue weighted by molar-refractivity contribution is 6.05. The first-order valence-electron chi connectivity index (χ1n) is 21.9. The van der Waals surface area contributed by atoms with Gasteiger partial charge in [-0.3, -0.25) is 19.4 Å². The summed E-state index contributed by atoms with van der Waals surface area (Å²) in [5.41, 5.74) is 8.85. The van der Waals surface area contributed by atoms with Crippen LogP contribution < -0.4 is 5.32 Å². The SMILES string of the molecule is CC(=O)C[C@H](C(=O)N1CC(C)=CC1C1=NC=C(c2ccc(C#Cc3ccc(-c4cnc(C5C=C(C)CN5C(=O)[C@@H](NC(C)=O)C5CCOCC5)[nH]4)cc3)cc2)C1)C1CCOCC1. The smallest absolute Gasteiger partial charge is 0.246 e. The molecule has 3 amide bonds. The molecule has 2 aromatic carbocycles. The largest absolute Gasteiger partial charge is 0.381 e. The third-order valence-corrected chi connectivity index (χ3v) is 12.8. The van der Waals surface area contributed by atoms with Crippen molar-refractivity contribution in [3.05, 3.63) is 107 Å². The minimum absolute atomic E-state index is 0.0203. The number of ether oxygens (including phenoxy) is 2. The maximum Gasteiger partial charge on any atom is 0.246 e. The van der Waals surface area contributed by atoms with E-state index in [2.05, 4.69) is 53.4 Å². The monoisotopic (exact) mass is 836 g/mol. The van der Waals surface area contributed by atoms with Crippen molar-refractivity contribution < 1.29 is 28.7 Å². The Morgan fingerprint density at radius 3 is 1.94 bits per heavy atom. The first-order valence-corrected chi connectivity index (χ1v) is 21.9. The Kier molecular flexibility index (Phi) is 13.1. The van der Waals surface area contributed by atoms with E-state index in [9.17, 15) is 19.2 Å². The number of ketones is 1. The number of allylic oxidation sites excluding steroid dienone is 1. The lowest BCUT2D eigenvalue weighted by Crippen LogP contribution is -2.53. The third-order valence-electron chi connectivity index (χ3n) is 12.8. The van der Waals surface area contributed by atoms with Crippen LogP contribution in [0.5, 0.6) is 0 Å². The number of aliphatic imine (C=N–C) groups is 1. The molecule has 2 N–H and O–H groups in total. The zero-order valence-corrected chi connectivity index (χ0v) is 36.1. The minimum atomic E-state index is -0.608. The Hall–Kier alpha value is -5.90. The molecule has 0 spiro atoms. The predicted molar refractivity (Wildman–Crippen MR) is 237 cm³/mol. The van der Waals surface area contributed by atoms with Crippen molar-refractivity contribution in [3.8, 4) is 23.1 Å². The molecule has 5 aliphatic rings. The average molecular weight is 837 g/mol. The molecule has 2 fully saturated rings. The van der Waals surface area contributed by atoms with Crippen LogP contribution in [-0.4, -0.2) is 101 Å². The number of carbonyl (C=O) groups is 4. The van der Waals surface area contributed by atoms with Crippen LogP contribution in [0.15, 0.2) is 89.2 Å². The number of hydrogen-bond donors (Lipinski definition) is 2. The number of rotatable bonds is 11. The number of carbonyl (C=O) groups excluding carboxylic acids is 4. The molecule has 3 aromatic rings. The van der Waals surface area contributed by atoms with Crippen LogP contribution in [0.25, 0.3) is 16.8 Å². The van der Waals surface area contributed by atoms with E-state index >= 15 is 0 Å². The van der Waals surface area contributed by atoms with E-state index in [4.69, 9.17) is 19.5 Å². The summed E-state index contributed by atoms with van der Waals surface area (Å²) in [7, 11) is 0. The molecule has 1 aromatic heterocycles. The van der Waals surface area contributed by atoms with Crippen LogP contribution in [0.2, 0.25) is 0 Å². The Balaban J connectivity index is 0.882. The normalized spacial score (nSPS) is 21.6. The molecule has 12 heteroatoms. The maximum atomic E-state index is 14.1. The fraction of sp³-hybridized carbons (Fsp3) is 0.440. The van der Waals surface area contributed by atoms with Gasteiger partial charge in [0.1, 0.15) is 23.7 Å². The van der Waals surface area contributed by atoms with E-state index in [1.807, 2.05) is 59.3 Å². The van der Waals surface area contributed by atoms with Crippen molar-refractivity contribution in [1.29, 1.82) is 0 Å². The van der Waals surface area contributed by atoms with E-state index in [1.54, 1.807) is 13.1 Å². The number of nitrogens with zero attached hydrogens (tertiary/aromatic N) is 4. The van der Waals surface area contributed by atoms with Gasteiger partial charge in [0.2, 0.25) is 17.7 Å². The van der Waals surface area contributed by atoms with E-state index in [1.165, 1.54) is 6.92 Å². The molecule has 6 heterocycles. The highest BCUT2D eigenvalue weighted by Gasteiger charge is 2.41. The average Bonchev–Trinajstić information content (AvgIpc) is 4.11. The summed E-state index contributed by atoms with van der Waals surface area (Å²) < 4.78 is 11.1. The maximum absolute atomic E-state index is 14.1. The fourth-order valence-electron chi connectivity index (χ4n) is 9.50. The number of nitrogens with one attached hydrogen (secondary N) is 2. The number of benzene rings is 2. The van der Waals surface area contributed by atoms with Crippen molar-refractivity contribution in [1.82, 2.24) is 25.1 Å². The zero-order chi connectivity index (χ0) is 43.3. The molecule has 322 valence electrons. The van der Waals surface area contributed by atoms with Crippen molar-refractivity contribution in [2.45, 2.75) is 84.3 Å². The molecule has 2 unspecified atom stereocenters. The Bertz CT molecular complexity index is 2370. The van der Waals surface area contributed by atoms with Crippen molar-refractivity contribution in [3.63, 3.8) is 0 Å². The summed E-state index contributed by atoms with van der Waals surface area (Å²) >= 11 is 0. The van der Waals surface area contributed by atoms with Gasteiger partial charge < -0.3 is 34.4 Å². The van der Waals surface area contributed by atoms with Gasteiger partial charge in [-0.15, -0.1) is 0 Å². The lowest BCUT2D eigenvalue weighted by atomic mass is 9.81. The molecule has 0 radical (unpaired) electrons. The number of H-pyrrole nitrogens is 1. The zero-order valence-electron chi connectivity index (χ0n) is 36.1. The second-order valence-electron chi connectivity index (χ2n) is 17.5. The van der Waals surface area contributed by atoms with E-state index in [-0.39, 0.29) is 59.8 Å². The number of Topliss-reactive ketones (excluding diaryl/α,β-unsaturated/α-hetero) is 1. The Morgan fingerprint density at radius 2 is 1.34 bits per heavy atom. The molecule has 2 saturated heterocycles. The van der Waals surface area contributed by atoms with Crippen LogP contribution in [0.1, 0.15) is 94.8 Å². The fourth-order valence-corrected chi connectivity index (χ4v) is 9.50. The number of hydrogen-bond acceptors (Lipinski definition) is 8. The molecule has 0 saturated carbocycles. The number of amides is 3.